The molecule has 1 aliphatic heterocycles. The van der Waals surface area contributed by atoms with Gasteiger partial charge >= 0.3 is 0 Å². The van der Waals surface area contributed by atoms with Crippen molar-refractivity contribution >= 4 is 23.2 Å². The molecule has 1 aromatic carbocycles. The number of benzene rings is 1. The lowest BCUT2D eigenvalue weighted by Gasteiger charge is -2.30. The molecule has 122 valence electrons. The molecular weight excluding hydrogens is 316 g/mol. The number of hydrogen-bond donors (Lipinski definition) is 2. The second-order valence-electron chi connectivity index (χ2n) is 5.78. The lowest BCUT2D eigenvalue weighted by atomic mass is 9.95. The standard InChI is InChI=1S/C17H19ClN2O3/c18-13-3-4-16(21)15(10-13)19-17(22)12-5-7-20(8-6-12)11-14-2-1-9-23-14/h1-4,9-10,12,21H,5-8,11H2,(H,19,22). The molecule has 1 saturated heterocycles. The molecular formula is C17H19ClN2O3. The molecule has 2 N–H and O–H groups in total. The molecule has 2 aromatic rings. The van der Waals surface area contributed by atoms with Crippen molar-refractivity contribution in [1.29, 1.82) is 0 Å². The van der Waals surface area contributed by atoms with E-state index in [1.54, 1.807) is 18.4 Å². The van der Waals surface area contributed by atoms with Gasteiger partial charge in [-0.25, -0.2) is 0 Å². The molecule has 0 radical (unpaired) electrons. The van der Waals surface area contributed by atoms with Crippen molar-refractivity contribution in [1.82, 2.24) is 4.90 Å². The number of hydrogen-bond acceptors (Lipinski definition) is 4. The lowest BCUT2D eigenvalue weighted by molar-refractivity contribution is -0.121. The zero-order valence-electron chi connectivity index (χ0n) is 12.7. The average Bonchev–Trinajstić information content (AvgIpc) is 3.04. The number of amides is 1. The second kappa shape index (κ2) is 7.06. The highest BCUT2D eigenvalue weighted by atomic mass is 35.5. The summed E-state index contributed by atoms with van der Waals surface area (Å²) >= 11 is 5.89. The van der Waals surface area contributed by atoms with Crippen LogP contribution in [0.4, 0.5) is 5.69 Å². The number of aromatic hydroxyl groups is 1. The Morgan fingerprint density at radius 2 is 2.13 bits per heavy atom. The van der Waals surface area contributed by atoms with Crippen LogP contribution in [-0.2, 0) is 11.3 Å². The summed E-state index contributed by atoms with van der Waals surface area (Å²) in [6.07, 6.45) is 3.24. The molecule has 1 fully saturated rings. The molecule has 23 heavy (non-hydrogen) atoms. The predicted octanol–water partition coefficient (Wildman–Crippen LogP) is 3.49. The fraction of sp³-hybridized carbons (Fsp3) is 0.353. The summed E-state index contributed by atoms with van der Waals surface area (Å²) < 4.78 is 5.35. The van der Waals surface area contributed by atoms with Crippen molar-refractivity contribution in [3.8, 4) is 5.75 Å². The molecule has 6 heteroatoms. The number of rotatable bonds is 4. The summed E-state index contributed by atoms with van der Waals surface area (Å²) in [7, 11) is 0. The number of carbonyl (C=O) groups is 1. The molecule has 2 heterocycles. The molecule has 1 amide bonds. The van der Waals surface area contributed by atoms with Gasteiger partial charge in [-0.2, -0.15) is 0 Å². The van der Waals surface area contributed by atoms with Crippen molar-refractivity contribution in [2.75, 3.05) is 18.4 Å². The largest absolute Gasteiger partial charge is 0.506 e. The zero-order chi connectivity index (χ0) is 16.2. The van der Waals surface area contributed by atoms with Crippen molar-refractivity contribution in [3.05, 3.63) is 47.4 Å². The van der Waals surface area contributed by atoms with Gasteiger partial charge in [-0.15, -0.1) is 0 Å². The highest BCUT2D eigenvalue weighted by Crippen LogP contribution is 2.28. The SMILES string of the molecule is O=C(Nc1cc(Cl)ccc1O)C1CCN(Cc2ccco2)CC1. The van der Waals surface area contributed by atoms with Crippen LogP contribution in [0.25, 0.3) is 0 Å². The Morgan fingerprint density at radius 3 is 2.83 bits per heavy atom. The summed E-state index contributed by atoms with van der Waals surface area (Å²) in [5, 5.41) is 13.0. The van der Waals surface area contributed by atoms with Crippen molar-refractivity contribution in [2.24, 2.45) is 5.92 Å². The average molecular weight is 335 g/mol. The Morgan fingerprint density at radius 1 is 1.35 bits per heavy atom. The van der Waals surface area contributed by atoms with Gasteiger partial charge in [0.1, 0.15) is 11.5 Å². The van der Waals surface area contributed by atoms with Gasteiger partial charge in [0.05, 0.1) is 18.5 Å². The van der Waals surface area contributed by atoms with E-state index in [1.165, 1.54) is 6.07 Å². The molecule has 0 bridgehead atoms. The lowest BCUT2D eigenvalue weighted by Crippen LogP contribution is -2.37. The first-order valence-corrected chi connectivity index (χ1v) is 8.04. The predicted molar refractivity (Wildman–Crippen MR) is 88.5 cm³/mol. The Balaban J connectivity index is 1.53. The minimum absolute atomic E-state index is 0.0259. The van der Waals surface area contributed by atoms with Gasteiger partial charge in [0.2, 0.25) is 5.91 Å². The van der Waals surface area contributed by atoms with Crippen molar-refractivity contribution in [3.63, 3.8) is 0 Å². The van der Waals surface area contributed by atoms with Crippen LogP contribution < -0.4 is 5.32 Å². The van der Waals surface area contributed by atoms with E-state index in [9.17, 15) is 9.90 Å². The third-order valence-corrected chi connectivity index (χ3v) is 4.37. The molecule has 0 aliphatic carbocycles. The number of likely N-dealkylation sites (tertiary alicyclic amines) is 1. The monoisotopic (exact) mass is 334 g/mol. The first kappa shape index (κ1) is 15.9. The Kier molecular flexibility index (Phi) is 4.88. The number of halogens is 1. The minimum atomic E-state index is -0.0692. The molecule has 0 saturated carbocycles. The maximum atomic E-state index is 12.4. The molecule has 0 unspecified atom stereocenters. The zero-order valence-corrected chi connectivity index (χ0v) is 13.4. The Bertz CT molecular complexity index is 664. The molecule has 1 aromatic heterocycles. The molecule has 0 atom stereocenters. The molecule has 5 nitrogen and oxygen atoms in total. The van der Waals surface area contributed by atoms with Crippen LogP contribution in [-0.4, -0.2) is 29.0 Å². The van der Waals surface area contributed by atoms with E-state index in [-0.39, 0.29) is 17.6 Å². The number of phenols is 1. The number of piperidine rings is 1. The topological polar surface area (TPSA) is 65.7 Å². The van der Waals surface area contributed by atoms with Crippen molar-refractivity contribution < 1.29 is 14.3 Å². The van der Waals surface area contributed by atoms with Gasteiger partial charge in [-0.3, -0.25) is 9.69 Å². The maximum absolute atomic E-state index is 12.4. The van der Waals surface area contributed by atoms with Gasteiger partial charge in [-0.05, 0) is 56.3 Å². The van der Waals surface area contributed by atoms with Gasteiger partial charge < -0.3 is 14.8 Å². The fourth-order valence-corrected chi connectivity index (χ4v) is 2.99. The Labute approximate surface area is 139 Å². The normalized spacial score (nSPS) is 16.4. The van der Waals surface area contributed by atoms with Crippen LogP contribution in [0.1, 0.15) is 18.6 Å². The summed E-state index contributed by atoms with van der Waals surface area (Å²) in [6.45, 7) is 2.47. The number of furan rings is 1. The van der Waals surface area contributed by atoms with Crippen LogP contribution in [0.5, 0.6) is 5.75 Å². The first-order chi connectivity index (χ1) is 11.1. The van der Waals surface area contributed by atoms with Crippen LogP contribution in [0, 0.1) is 5.92 Å². The second-order valence-corrected chi connectivity index (χ2v) is 6.22. The quantitative estimate of drug-likeness (QED) is 0.840. The molecule has 3 rings (SSSR count). The highest BCUT2D eigenvalue weighted by molar-refractivity contribution is 6.31. The van der Waals surface area contributed by atoms with E-state index >= 15 is 0 Å². The number of carbonyl (C=O) groups excluding carboxylic acids is 1. The van der Waals surface area contributed by atoms with E-state index in [4.69, 9.17) is 16.0 Å². The van der Waals surface area contributed by atoms with Crippen LogP contribution in [0.15, 0.2) is 41.0 Å². The van der Waals surface area contributed by atoms with Gasteiger partial charge in [0.15, 0.2) is 0 Å². The summed E-state index contributed by atoms with van der Waals surface area (Å²) in [4.78, 5) is 14.6. The van der Waals surface area contributed by atoms with E-state index in [0.717, 1.165) is 38.2 Å². The first-order valence-electron chi connectivity index (χ1n) is 7.66. The van der Waals surface area contributed by atoms with Crippen LogP contribution in [0.2, 0.25) is 5.02 Å². The number of nitrogens with one attached hydrogen (secondary N) is 1. The van der Waals surface area contributed by atoms with Gasteiger partial charge in [0.25, 0.3) is 0 Å². The number of nitrogens with zero attached hydrogens (tertiary/aromatic N) is 1. The molecule has 0 spiro atoms. The van der Waals surface area contributed by atoms with Gasteiger partial charge in [0, 0.05) is 10.9 Å². The van der Waals surface area contributed by atoms with Crippen LogP contribution >= 0.6 is 11.6 Å². The third kappa shape index (κ3) is 4.06. The summed E-state index contributed by atoms with van der Waals surface area (Å²) in [5.74, 6) is 0.844. The smallest absolute Gasteiger partial charge is 0.227 e. The van der Waals surface area contributed by atoms with E-state index in [2.05, 4.69) is 10.2 Å². The van der Waals surface area contributed by atoms with Gasteiger partial charge in [-0.1, -0.05) is 11.6 Å². The van der Waals surface area contributed by atoms with Crippen molar-refractivity contribution in [2.45, 2.75) is 19.4 Å². The van der Waals surface area contributed by atoms with Crippen LogP contribution in [0.3, 0.4) is 0 Å². The number of anilines is 1. The highest BCUT2D eigenvalue weighted by Gasteiger charge is 2.25. The molecule has 1 aliphatic rings. The third-order valence-electron chi connectivity index (χ3n) is 4.13. The maximum Gasteiger partial charge on any atom is 0.227 e. The fourth-order valence-electron chi connectivity index (χ4n) is 2.82. The van der Waals surface area contributed by atoms with E-state index in [1.807, 2.05) is 12.1 Å². The minimum Gasteiger partial charge on any atom is -0.506 e. The summed E-state index contributed by atoms with van der Waals surface area (Å²) in [6, 6.07) is 8.46. The van der Waals surface area contributed by atoms with E-state index < -0.39 is 0 Å². The van der Waals surface area contributed by atoms with E-state index in [0.29, 0.717) is 10.7 Å². The number of phenolic OH excluding ortho intramolecular Hbond substituents is 1. The Hall–Kier alpha value is -1.98. The summed E-state index contributed by atoms with van der Waals surface area (Å²) in [5.41, 5.74) is 0.362.